The Morgan fingerprint density at radius 1 is 0.685 bits per heavy atom. The number of benzene rings is 2. The second-order valence-corrected chi connectivity index (χ2v) is 15.2. The van der Waals surface area contributed by atoms with Crippen LogP contribution in [0.4, 0.5) is 9.59 Å². The maximum atomic E-state index is 12.1. The maximum absolute atomic E-state index is 12.1. The zero-order chi connectivity index (χ0) is 38.9. The molecule has 54 heavy (non-hydrogen) atoms. The molecule has 2 saturated heterocycles. The molecule has 4 aromatic rings. The summed E-state index contributed by atoms with van der Waals surface area (Å²) in [5, 5.41) is 0. The minimum Gasteiger partial charge on any atom is -0.490 e. The quantitative estimate of drug-likeness (QED) is 0.113. The fourth-order valence-corrected chi connectivity index (χ4v) is 5.61. The number of halogens is 2. The van der Waals surface area contributed by atoms with Crippen molar-refractivity contribution in [3.05, 3.63) is 118 Å². The van der Waals surface area contributed by atoms with Gasteiger partial charge in [0.15, 0.2) is 0 Å². The predicted octanol–water partition coefficient (Wildman–Crippen LogP) is 8.62. The number of pyridine rings is 2. The Bertz CT molecular complexity index is 1780. The number of likely N-dealkylation sites (tertiary alicyclic amines) is 2. The average molecular weight is 871 g/mol. The molecule has 2 fully saturated rings. The summed E-state index contributed by atoms with van der Waals surface area (Å²) in [5.74, 6) is 1.13. The van der Waals surface area contributed by atoms with Gasteiger partial charge >= 0.3 is 18.2 Å². The van der Waals surface area contributed by atoms with Gasteiger partial charge in [0.1, 0.15) is 43.5 Å². The van der Waals surface area contributed by atoms with Gasteiger partial charge < -0.3 is 33.5 Å². The van der Waals surface area contributed by atoms with Crippen LogP contribution in [0.25, 0.3) is 0 Å². The minimum atomic E-state index is -0.466. The lowest BCUT2D eigenvalue weighted by Gasteiger charge is -2.40. The van der Waals surface area contributed by atoms with Crippen LogP contribution in [0, 0.1) is 0 Å². The Hall–Kier alpha value is -4.69. The van der Waals surface area contributed by atoms with Gasteiger partial charge in [-0.25, -0.2) is 9.59 Å². The van der Waals surface area contributed by atoms with Crippen LogP contribution in [0.3, 0.4) is 0 Å². The van der Waals surface area contributed by atoms with Crippen molar-refractivity contribution in [2.24, 2.45) is 0 Å². The Labute approximate surface area is 333 Å². The third-order valence-electron chi connectivity index (χ3n) is 7.88. The second-order valence-electron chi connectivity index (χ2n) is 13.4. The molecule has 288 valence electrons. The van der Waals surface area contributed by atoms with Gasteiger partial charge in [-0.1, -0.05) is 60.7 Å². The third-order valence-corrected chi connectivity index (χ3v) is 8.75. The first kappa shape index (κ1) is 42.1. The van der Waals surface area contributed by atoms with Crippen molar-refractivity contribution in [3.8, 4) is 11.5 Å². The van der Waals surface area contributed by atoms with Gasteiger partial charge in [-0.2, -0.15) is 0 Å². The molecule has 2 amide bonds. The molecule has 6 rings (SSSR count). The Morgan fingerprint density at radius 2 is 1.13 bits per heavy atom. The summed E-state index contributed by atoms with van der Waals surface area (Å²) < 4.78 is 28.6. The lowest BCUT2D eigenvalue weighted by Crippen LogP contribution is -2.55. The van der Waals surface area contributed by atoms with Crippen molar-refractivity contribution >= 4 is 50.0 Å². The molecule has 4 heterocycles. The van der Waals surface area contributed by atoms with E-state index < -0.39 is 5.60 Å². The number of hydrogen-bond acceptors (Lipinski definition) is 10. The van der Waals surface area contributed by atoms with E-state index in [1.165, 1.54) is 6.92 Å². The SMILES string of the molecule is CC(=O)OCc1ccccc1.CC(C)(C)OC(=O)N1CC[C@H]1COc1cncc(Br)c1.O=C(OCc1ccccc1)N1CC[C@H]1COc1cncc(Br)c1. The molecule has 0 spiro atoms. The van der Waals surface area contributed by atoms with E-state index in [0.29, 0.717) is 44.5 Å². The highest BCUT2D eigenvalue weighted by Gasteiger charge is 2.36. The summed E-state index contributed by atoms with van der Waals surface area (Å²) in [5.41, 5.74) is 1.53. The molecule has 2 atom stereocenters. The maximum Gasteiger partial charge on any atom is 0.410 e. The number of carbonyl (C=O) groups is 3. The van der Waals surface area contributed by atoms with Crippen LogP contribution in [0.1, 0.15) is 51.7 Å². The van der Waals surface area contributed by atoms with Crippen LogP contribution in [-0.2, 0) is 32.2 Å². The van der Waals surface area contributed by atoms with Gasteiger partial charge in [0, 0.05) is 41.4 Å². The van der Waals surface area contributed by atoms with E-state index in [2.05, 4.69) is 41.8 Å². The van der Waals surface area contributed by atoms with Gasteiger partial charge in [-0.05, 0) is 88.7 Å². The van der Waals surface area contributed by atoms with Gasteiger partial charge in [0.2, 0.25) is 0 Å². The second kappa shape index (κ2) is 21.3. The van der Waals surface area contributed by atoms with E-state index in [0.717, 1.165) is 39.5 Å². The molecule has 12 nitrogen and oxygen atoms in total. The number of amides is 2. The van der Waals surface area contributed by atoms with E-state index in [4.69, 9.17) is 23.7 Å². The first-order valence-corrected chi connectivity index (χ1v) is 19.1. The number of rotatable bonds is 10. The third kappa shape index (κ3) is 15.0. The lowest BCUT2D eigenvalue weighted by atomic mass is 10.1. The highest BCUT2D eigenvalue weighted by Crippen LogP contribution is 2.24. The smallest absolute Gasteiger partial charge is 0.410 e. The first-order valence-electron chi connectivity index (χ1n) is 17.5. The van der Waals surface area contributed by atoms with Crippen molar-refractivity contribution in [2.75, 3.05) is 26.3 Å². The van der Waals surface area contributed by atoms with Crippen LogP contribution < -0.4 is 9.47 Å². The molecule has 0 bridgehead atoms. The largest absolute Gasteiger partial charge is 0.490 e. The first-order chi connectivity index (χ1) is 25.9. The summed E-state index contributed by atoms with van der Waals surface area (Å²) in [6.07, 6.45) is 7.99. The number of esters is 1. The number of hydrogen-bond donors (Lipinski definition) is 0. The molecule has 0 aliphatic carbocycles. The lowest BCUT2D eigenvalue weighted by molar-refractivity contribution is -0.142. The molecule has 2 aromatic heterocycles. The molecular weight excluding hydrogens is 824 g/mol. The minimum absolute atomic E-state index is 0.0530. The molecule has 0 unspecified atom stereocenters. The van der Waals surface area contributed by atoms with Crippen LogP contribution in [-0.4, -0.2) is 81.9 Å². The van der Waals surface area contributed by atoms with E-state index >= 15 is 0 Å². The molecule has 2 aliphatic rings. The van der Waals surface area contributed by atoms with Crippen molar-refractivity contribution in [3.63, 3.8) is 0 Å². The van der Waals surface area contributed by atoms with Gasteiger partial charge in [-0.15, -0.1) is 0 Å². The standard InChI is InChI=1S/C17H17BrN2O3.C14H19BrN2O3.C9H10O2/c18-14-8-16(10-19-9-14)22-12-15-6-7-20(15)17(21)23-11-13-4-2-1-3-5-13;1-14(2,3)20-13(18)17-5-4-11(17)9-19-12-6-10(15)7-16-8-12;1-8(10)11-7-9-5-3-2-4-6-9/h1-5,8-10,15H,6-7,11-12H2;6-8,11H,4-5,9H2,1-3H3;2-6H,7H2,1H3/t15-;11-;/m00./s1. The summed E-state index contributed by atoms with van der Waals surface area (Å²) >= 11 is 6.69. The number of nitrogens with zero attached hydrogens (tertiary/aromatic N) is 4. The van der Waals surface area contributed by atoms with Crippen molar-refractivity contribution in [2.45, 2.75) is 71.4 Å². The Morgan fingerprint density at radius 3 is 1.52 bits per heavy atom. The number of carbonyl (C=O) groups excluding carboxylic acids is 3. The normalized spacial score (nSPS) is 15.7. The Kier molecular flexibility index (Phi) is 16.6. The van der Waals surface area contributed by atoms with Crippen LogP contribution in [0.5, 0.6) is 11.5 Å². The van der Waals surface area contributed by atoms with E-state index in [-0.39, 0.29) is 30.2 Å². The van der Waals surface area contributed by atoms with Crippen LogP contribution >= 0.6 is 31.9 Å². The summed E-state index contributed by atoms with van der Waals surface area (Å²) in [6, 6.07) is 23.1. The average Bonchev–Trinajstić information content (AvgIpc) is 3.10. The molecule has 0 saturated carbocycles. The summed E-state index contributed by atoms with van der Waals surface area (Å²) in [4.78, 5) is 45.9. The zero-order valence-electron chi connectivity index (χ0n) is 30.9. The predicted molar refractivity (Wildman–Crippen MR) is 210 cm³/mol. The monoisotopic (exact) mass is 868 g/mol. The summed E-state index contributed by atoms with van der Waals surface area (Å²) in [6.45, 7) is 9.99. The topological polar surface area (TPSA) is 130 Å². The molecule has 0 radical (unpaired) electrons. The molecule has 14 heteroatoms. The molecule has 2 aliphatic heterocycles. The van der Waals surface area contributed by atoms with E-state index in [1.54, 1.807) is 34.6 Å². The zero-order valence-corrected chi connectivity index (χ0v) is 34.0. The fourth-order valence-electron chi connectivity index (χ4n) is 4.92. The fraction of sp³-hybridized carbons (Fsp3) is 0.375. The highest BCUT2D eigenvalue weighted by atomic mass is 79.9. The summed E-state index contributed by atoms with van der Waals surface area (Å²) in [7, 11) is 0. The van der Waals surface area contributed by atoms with E-state index in [1.807, 2.05) is 93.6 Å². The Balaban J connectivity index is 0.000000192. The number of ether oxygens (including phenoxy) is 5. The van der Waals surface area contributed by atoms with Crippen LogP contribution in [0.15, 0.2) is 107 Å². The number of aromatic nitrogens is 2. The molecule has 2 aromatic carbocycles. The van der Waals surface area contributed by atoms with Gasteiger partial charge in [-0.3, -0.25) is 14.8 Å². The van der Waals surface area contributed by atoms with E-state index in [9.17, 15) is 14.4 Å². The van der Waals surface area contributed by atoms with Crippen molar-refractivity contribution in [1.82, 2.24) is 19.8 Å². The van der Waals surface area contributed by atoms with Crippen molar-refractivity contribution in [1.29, 1.82) is 0 Å². The molecular formula is C40H46Br2N4O8. The van der Waals surface area contributed by atoms with Gasteiger partial charge in [0.05, 0.1) is 24.5 Å². The highest BCUT2D eigenvalue weighted by molar-refractivity contribution is 9.10. The van der Waals surface area contributed by atoms with Crippen molar-refractivity contribution < 1.29 is 38.1 Å². The van der Waals surface area contributed by atoms with Gasteiger partial charge in [0.25, 0.3) is 0 Å². The molecule has 0 N–H and O–H groups in total. The van der Waals surface area contributed by atoms with Crippen LogP contribution in [0.2, 0.25) is 0 Å².